The number of nitrogens with one attached hydrogen (secondary N) is 1. The molecule has 0 unspecified atom stereocenters. The van der Waals surface area contributed by atoms with Crippen molar-refractivity contribution >= 4 is 45.8 Å². The molecule has 6 nitrogen and oxygen atoms in total. The molecule has 0 fully saturated rings. The maximum atomic E-state index is 14.0. The van der Waals surface area contributed by atoms with Gasteiger partial charge in [0, 0.05) is 36.0 Å². The number of likely N-dealkylation sites (N-methyl/N-ethyl adjacent to an activating group) is 1. The molecule has 1 heterocycles. The van der Waals surface area contributed by atoms with Crippen LogP contribution in [0.25, 0.3) is 10.8 Å². The largest absolute Gasteiger partial charge is 0.357 e. The Labute approximate surface area is 220 Å². The van der Waals surface area contributed by atoms with Crippen LogP contribution in [0.2, 0.25) is 5.02 Å². The highest BCUT2D eigenvalue weighted by atomic mass is 35.5. The molecular weight excluding hydrogens is 486 g/mol. The van der Waals surface area contributed by atoms with Gasteiger partial charge in [-0.05, 0) is 34.7 Å². The summed E-state index contributed by atoms with van der Waals surface area (Å²) in [5.74, 6) is -0.859. The van der Waals surface area contributed by atoms with Gasteiger partial charge in [0.05, 0.1) is 5.69 Å². The minimum Gasteiger partial charge on any atom is -0.357 e. The standard InChI is InChI=1S/C30H26ClN3O3/c1-32-29(36)26(17-20-9-3-2-4-10-20)33(18-22-11-5-6-15-24(22)31)27(35)19-34-25-16-8-13-21-12-7-14-23(28(21)25)30(34)37/h2-16,26H,17-19H2,1H3,(H,32,36)/t26-/m0/s1. The lowest BCUT2D eigenvalue weighted by Crippen LogP contribution is -2.52. The number of carbonyl (C=O) groups excluding carboxylic acids is 3. The predicted octanol–water partition coefficient (Wildman–Crippen LogP) is 4.84. The Bertz CT molecular complexity index is 1480. The molecule has 1 N–H and O–H groups in total. The van der Waals surface area contributed by atoms with Crippen LogP contribution in [0.1, 0.15) is 21.5 Å². The first kappa shape index (κ1) is 24.5. The van der Waals surface area contributed by atoms with Crippen LogP contribution in [0.5, 0.6) is 0 Å². The quantitative estimate of drug-likeness (QED) is 0.368. The van der Waals surface area contributed by atoms with E-state index in [1.165, 1.54) is 9.80 Å². The first-order valence-corrected chi connectivity index (χ1v) is 12.5. The Kier molecular flexibility index (Phi) is 6.93. The summed E-state index contributed by atoms with van der Waals surface area (Å²) in [6, 6.07) is 27.3. The van der Waals surface area contributed by atoms with Crippen molar-refractivity contribution in [1.29, 1.82) is 0 Å². The van der Waals surface area contributed by atoms with Gasteiger partial charge in [-0.15, -0.1) is 0 Å². The first-order chi connectivity index (χ1) is 18.0. The van der Waals surface area contributed by atoms with E-state index in [1.54, 1.807) is 19.2 Å². The van der Waals surface area contributed by atoms with Crippen molar-refractivity contribution in [3.63, 3.8) is 0 Å². The molecule has 3 amide bonds. The molecule has 1 atom stereocenters. The molecule has 4 aromatic rings. The lowest BCUT2D eigenvalue weighted by molar-refractivity contribution is -0.140. The van der Waals surface area contributed by atoms with Crippen molar-refractivity contribution in [3.8, 4) is 0 Å². The summed E-state index contributed by atoms with van der Waals surface area (Å²) in [6.45, 7) is -0.0675. The van der Waals surface area contributed by atoms with E-state index < -0.39 is 6.04 Å². The minimum absolute atomic E-state index is 0.128. The van der Waals surface area contributed by atoms with E-state index >= 15 is 0 Å². The van der Waals surface area contributed by atoms with Crippen molar-refractivity contribution in [2.75, 3.05) is 18.5 Å². The van der Waals surface area contributed by atoms with Gasteiger partial charge in [-0.2, -0.15) is 0 Å². The Morgan fingerprint density at radius 1 is 0.919 bits per heavy atom. The third kappa shape index (κ3) is 4.80. The summed E-state index contributed by atoms with van der Waals surface area (Å²) < 4.78 is 0. The lowest BCUT2D eigenvalue weighted by Gasteiger charge is -2.32. The second kappa shape index (κ2) is 10.4. The second-order valence-corrected chi connectivity index (χ2v) is 9.41. The average Bonchev–Trinajstić information content (AvgIpc) is 3.19. The molecule has 5 rings (SSSR count). The molecular formula is C30H26ClN3O3. The van der Waals surface area contributed by atoms with Crippen molar-refractivity contribution in [2.24, 2.45) is 0 Å². The SMILES string of the molecule is CNC(=O)[C@H](Cc1ccccc1)N(Cc1ccccc1Cl)C(=O)CN1C(=O)c2cccc3cccc1c23. The van der Waals surface area contributed by atoms with Crippen LogP contribution in [0.15, 0.2) is 91.0 Å². The van der Waals surface area contributed by atoms with Crippen molar-refractivity contribution in [3.05, 3.63) is 113 Å². The van der Waals surface area contributed by atoms with E-state index in [1.807, 2.05) is 78.9 Å². The zero-order valence-electron chi connectivity index (χ0n) is 20.4. The number of nitrogens with zero attached hydrogens (tertiary/aromatic N) is 2. The highest BCUT2D eigenvalue weighted by Crippen LogP contribution is 2.37. The molecule has 1 aliphatic rings. The van der Waals surface area contributed by atoms with E-state index in [4.69, 9.17) is 11.6 Å². The number of hydrogen-bond acceptors (Lipinski definition) is 3. The number of anilines is 1. The van der Waals surface area contributed by atoms with Gasteiger partial charge in [0.1, 0.15) is 12.6 Å². The monoisotopic (exact) mass is 511 g/mol. The van der Waals surface area contributed by atoms with Gasteiger partial charge < -0.3 is 10.2 Å². The molecule has 0 radical (unpaired) electrons. The molecule has 0 spiro atoms. The van der Waals surface area contributed by atoms with Gasteiger partial charge in [0.25, 0.3) is 5.91 Å². The van der Waals surface area contributed by atoms with Crippen molar-refractivity contribution in [1.82, 2.24) is 10.2 Å². The van der Waals surface area contributed by atoms with E-state index in [0.717, 1.165) is 21.9 Å². The van der Waals surface area contributed by atoms with Crippen LogP contribution in [0, 0.1) is 0 Å². The average molecular weight is 512 g/mol. The maximum Gasteiger partial charge on any atom is 0.259 e. The molecule has 7 heteroatoms. The smallest absolute Gasteiger partial charge is 0.259 e. The Hall–Kier alpha value is -4.16. The van der Waals surface area contributed by atoms with Crippen LogP contribution in [-0.2, 0) is 22.6 Å². The maximum absolute atomic E-state index is 14.0. The van der Waals surface area contributed by atoms with E-state index in [2.05, 4.69) is 5.32 Å². The first-order valence-electron chi connectivity index (χ1n) is 12.1. The highest BCUT2D eigenvalue weighted by molar-refractivity contribution is 6.31. The van der Waals surface area contributed by atoms with Gasteiger partial charge in [0.15, 0.2) is 0 Å². The fourth-order valence-electron chi connectivity index (χ4n) is 4.89. The number of rotatable bonds is 8. The summed E-state index contributed by atoms with van der Waals surface area (Å²) in [5, 5.41) is 5.00. The Morgan fingerprint density at radius 2 is 1.62 bits per heavy atom. The van der Waals surface area contributed by atoms with E-state index in [-0.39, 0.29) is 30.8 Å². The molecule has 186 valence electrons. The van der Waals surface area contributed by atoms with Gasteiger partial charge in [-0.1, -0.05) is 84.4 Å². The lowest BCUT2D eigenvalue weighted by atomic mass is 10.0. The van der Waals surface area contributed by atoms with Crippen LogP contribution in [-0.4, -0.2) is 42.3 Å². The summed E-state index contributed by atoms with van der Waals surface area (Å²) in [6.07, 6.45) is 0.320. The number of carbonyl (C=O) groups is 3. The van der Waals surface area contributed by atoms with Crippen molar-refractivity contribution in [2.45, 2.75) is 19.0 Å². The number of halogens is 1. The molecule has 4 aromatic carbocycles. The normalized spacial score (nSPS) is 13.0. The van der Waals surface area contributed by atoms with Crippen molar-refractivity contribution < 1.29 is 14.4 Å². The number of amides is 3. The van der Waals surface area contributed by atoms with Gasteiger partial charge >= 0.3 is 0 Å². The van der Waals surface area contributed by atoms with Crippen LogP contribution in [0.3, 0.4) is 0 Å². The predicted molar refractivity (Wildman–Crippen MR) is 146 cm³/mol. The Morgan fingerprint density at radius 3 is 2.35 bits per heavy atom. The molecule has 0 saturated heterocycles. The van der Waals surface area contributed by atoms with E-state index in [9.17, 15) is 14.4 Å². The summed E-state index contributed by atoms with van der Waals surface area (Å²) >= 11 is 6.46. The number of hydrogen-bond donors (Lipinski definition) is 1. The molecule has 0 saturated carbocycles. The highest BCUT2D eigenvalue weighted by Gasteiger charge is 2.35. The molecule has 37 heavy (non-hydrogen) atoms. The zero-order valence-corrected chi connectivity index (χ0v) is 21.1. The van der Waals surface area contributed by atoms with Crippen LogP contribution >= 0.6 is 11.6 Å². The fourth-order valence-corrected chi connectivity index (χ4v) is 5.09. The third-order valence-electron chi connectivity index (χ3n) is 6.76. The summed E-state index contributed by atoms with van der Waals surface area (Å²) in [7, 11) is 1.56. The molecule has 0 aliphatic carbocycles. The summed E-state index contributed by atoms with van der Waals surface area (Å²) in [4.78, 5) is 43.5. The van der Waals surface area contributed by atoms with Gasteiger partial charge in [-0.25, -0.2) is 0 Å². The minimum atomic E-state index is -0.799. The Balaban J connectivity index is 1.51. The van der Waals surface area contributed by atoms with Crippen LogP contribution in [0.4, 0.5) is 5.69 Å². The second-order valence-electron chi connectivity index (χ2n) is 9.00. The van der Waals surface area contributed by atoms with E-state index in [0.29, 0.717) is 22.7 Å². The summed E-state index contributed by atoms with van der Waals surface area (Å²) in [5.41, 5.74) is 2.91. The van der Waals surface area contributed by atoms with Crippen LogP contribution < -0.4 is 10.2 Å². The zero-order chi connectivity index (χ0) is 25.9. The van der Waals surface area contributed by atoms with Gasteiger partial charge in [0.2, 0.25) is 11.8 Å². The van der Waals surface area contributed by atoms with Gasteiger partial charge in [-0.3, -0.25) is 19.3 Å². The third-order valence-corrected chi connectivity index (χ3v) is 7.13. The fraction of sp³-hybridized carbons (Fsp3) is 0.167. The molecule has 1 aliphatic heterocycles. The number of benzene rings is 4. The molecule has 0 bridgehead atoms. The topological polar surface area (TPSA) is 69.7 Å². The molecule has 0 aromatic heterocycles.